The van der Waals surface area contributed by atoms with Gasteiger partial charge < -0.3 is 20.9 Å². The van der Waals surface area contributed by atoms with E-state index >= 15 is 0 Å². The van der Waals surface area contributed by atoms with Gasteiger partial charge in [0.05, 0.1) is 0 Å². The van der Waals surface area contributed by atoms with Crippen molar-refractivity contribution in [2.75, 3.05) is 38.5 Å². The van der Waals surface area contributed by atoms with Gasteiger partial charge in [0.25, 0.3) is 5.91 Å². The second kappa shape index (κ2) is 9.42. The first-order valence-electron chi connectivity index (χ1n) is 9.14. The summed E-state index contributed by atoms with van der Waals surface area (Å²) in [5.74, 6) is 0.387. The molecule has 3 amide bonds. The van der Waals surface area contributed by atoms with E-state index < -0.39 is 0 Å². The van der Waals surface area contributed by atoms with Crippen LogP contribution in [0.5, 0.6) is 0 Å². The molecule has 0 atom stereocenters. The molecular formula is C19H30N4O2. The zero-order chi connectivity index (χ0) is 18.2. The Morgan fingerprint density at radius 2 is 1.96 bits per heavy atom. The third kappa shape index (κ3) is 5.46. The summed E-state index contributed by atoms with van der Waals surface area (Å²) in [6, 6.07) is 5.12. The van der Waals surface area contributed by atoms with E-state index in [1.54, 1.807) is 19.2 Å². The van der Waals surface area contributed by atoms with E-state index in [-0.39, 0.29) is 11.9 Å². The number of urea groups is 1. The highest BCUT2D eigenvalue weighted by Gasteiger charge is 2.19. The first kappa shape index (κ1) is 19.2. The van der Waals surface area contributed by atoms with E-state index in [9.17, 15) is 9.59 Å². The molecule has 138 valence electrons. The minimum absolute atomic E-state index is 0.152. The molecule has 0 aliphatic carbocycles. The summed E-state index contributed by atoms with van der Waals surface area (Å²) in [5.41, 5.74) is 2.00. The van der Waals surface area contributed by atoms with Crippen LogP contribution in [0, 0.1) is 12.8 Å². The molecule has 0 radical (unpaired) electrons. The number of piperidine rings is 1. The monoisotopic (exact) mass is 346 g/mol. The molecule has 1 aromatic rings. The highest BCUT2D eigenvalue weighted by Crippen LogP contribution is 2.19. The number of likely N-dealkylation sites (tertiary alicyclic amines) is 1. The Kier molecular flexibility index (Phi) is 7.25. The fraction of sp³-hybridized carbons (Fsp3) is 0.579. The third-order valence-electron chi connectivity index (χ3n) is 4.85. The van der Waals surface area contributed by atoms with Crippen molar-refractivity contribution >= 4 is 17.6 Å². The van der Waals surface area contributed by atoms with Gasteiger partial charge >= 0.3 is 6.03 Å². The largest absolute Gasteiger partial charge is 0.355 e. The molecular weight excluding hydrogens is 316 g/mol. The first-order chi connectivity index (χ1) is 12.0. The molecule has 0 aromatic heterocycles. The smallest absolute Gasteiger partial charge is 0.319 e. The van der Waals surface area contributed by atoms with Crippen molar-refractivity contribution < 1.29 is 9.59 Å². The zero-order valence-electron chi connectivity index (χ0n) is 15.5. The highest BCUT2D eigenvalue weighted by atomic mass is 16.2. The summed E-state index contributed by atoms with van der Waals surface area (Å²) in [5, 5.41) is 8.44. The fourth-order valence-corrected chi connectivity index (χ4v) is 3.29. The van der Waals surface area contributed by atoms with Crippen molar-refractivity contribution in [2.24, 2.45) is 5.92 Å². The minimum Gasteiger partial charge on any atom is -0.355 e. The van der Waals surface area contributed by atoms with Crippen LogP contribution in [0.25, 0.3) is 0 Å². The Morgan fingerprint density at radius 1 is 1.24 bits per heavy atom. The Morgan fingerprint density at radius 3 is 2.60 bits per heavy atom. The molecule has 1 aliphatic rings. The molecule has 6 nitrogen and oxygen atoms in total. The number of benzene rings is 1. The van der Waals surface area contributed by atoms with Gasteiger partial charge in [-0.1, -0.05) is 13.0 Å². The first-order valence-corrected chi connectivity index (χ1v) is 9.14. The summed E-state index contributed by atoms with van der Waals surface area (Å²) >= 11 is 0. The quantitative estimate of drug-likeness (QED) is 0.741. The summed E-state index contributed by atoms with van der Waals surface area (Å²) < 4.78 is 0. The highest BCUT2D eigenvalue weighted by molar-refractivity contribution is 5.98. The summed E-state index contributed by atoms with van der Waals surface area (Å²) in [4.78, 5) is 26.5. The van der Waals surface area contributed by atoms with Crippen molar-refractivity contribution in [3.63, 3.8) is 0 Å². The van der Waals surface area contributed by atoms with Gasteiger partial charge in [-0.15, -0.1) is 0 Å². The molecule has 25 heavy (non-hydrogen) atoms. The predicted octanol–water partition coefficient (Wildman–Crippen LogP) is 2.60. The van der Waals surface area contributed by atoms with Gasteiger partial charge in [-0.05, 0) is 69.4 Å². The SMILES string of the molecule is CCCN1CCC(CNC(=O)Nc2cccc(C(=O)NC)c2C)CC1. The van der Waals surface area contributed by atoms with Gasteiger partial charge in [-0.2, -0.15) is 0 Å². The van der Waals surface area contributed by atoms with Gasteiger partial charge in [0, 0.05) is 24.8 Å². The second-order valence-corrected chi connectivity index (χ2v) is 6.68. The Labute approximate surface area is 150 Å². The van der Waals surface area contributed by atoms with E-state index in [1.165, 1.54) is 13.0 Å². The number of amides is 3. The number of nitrogens with one attached hydrogen (secondary N) is 3. The third-order valence-corrected chi connectivity index (χ3v) is 4.85. The van der Waals surface area contributed by atoms with E-state index in [2.05, 4.69) is 27.8 Å². The van der Waals surface area contributed by atoms with Crippen molar-refractivity contribution in [2.45, 2.75) is 33.1 Å². The molecule has 0 bridgehead atoms. The van der Waals surface area contributed by atoms with Crippen molar-refractivity contribution in [1.29, 1.82) is 0 Å². The van der Waals surface area contributed by atoms with Gasteiger partial charge in [0.1, 0.15) is 0 Å². The maximum Gasteiger partial charge on any atom is 0.319 e. The average Bonchev–Trinajstić information content (AvgIpc) is 2.62. The van der Waals surface area contributed by atoms with Crippen LogP contribution >= 0.6 is 0 Å². The van der Waals surface area contributed by atoms with Gasteiger partial charge in [0.15, 0.2) is 0 Å². The number of hydrogen-bond donors (Lipinski definition) is 3. The molecule has 1 fully saturated rings. The van der Waals surface area contributed by atoms with Crippen molar-refractivity contribution in [3.05, 3.63) is 29.3 Å². The van der Waals surface area contributed by atoms with Gasteiger partial charge in [0.2, 0.25) is 0 Å². The summed E-state index contributed by atoms with van der Waals surface area (Å²) in [6.45, 7) is 8.15. The summed E-state index contributed by atoms with van der Waals surface area (Å²) in [7, 11) is 1.60. The molecule has 1 saturated heterocycles. The molecule has 2 rings (SSSR count). The van der Waals surface area contributed by atoms with Crippen LogP contribution in [-0.4, -0.2) is 50.1 Å². The lowest BCUT2D eigenvalue weighted by Crippen LogP contribution is -2.40. The predicted molar refractivity (Wildman–Crippen MR) is 101 cm³/mol. The van der Waals surface area contributed by atoms with Crippen LogP contribution in [0.2, 0.25) is 0 Å². The summed E-state index contributed by atoms with van der Waals surface area (Å²) in [6.07, 6.45) is 3.46. The van der Waals surface area contributed by atoms with Crippen molar-refractivity contribution in [1.82, 2.24) is 15.5 Å². The molecule has 0 unspecified atom stereocenters. The standard InChI is InChI=1S/C19H30N4O2/c1-4-10-23-11-8-15(9-12-23)13-21-19(25)22-17-7-5-6-16(14(17)2)18(24)20-3/h5-7,15H,4,8-13H2,1-3H3,(H,20,24)(H2,21,22,25). The van der Waals surface area contributed by atoms with E-state index in [0.717, 1.165) is 31.5 Å². The Balaban J connectivity index is 1.82. The van der Waals surface area contributed by atoms with Gasteiger partial charge in [-0.3, -0.25) is 4.79 Å². The molecule has 6 heteroatoms. The van der Waals surface area contributed by atoms with E-state index in [4.69, 9.17) is 0 Å². The number of carbonyl (C=O) groups excluding carboxylic acids is 2. The molecule has 0 spiro atoms. The lowest BCUT2D eigenvalue weighted by atomic mass is 9.97. The molecule has 1 aromatic carbocycles. The second-order valence-electron chi connectivity index (χ2n) is 6.68. The van der Waals surface area contributed by atoms with Crippen LogP contribution in [0.4, 0.5) is 10.5 Å². The minimum atomic E-state index is -0.215. The van der Waals surface area contributed by atoms with Crippen LogP contribution in [-0.2, 0) is 0 Å². The number of rotatable bonds is 6. The van der Waals surface area contributed by atoms with Crippen molar-refractivity contribution in [3.8, 4) is 0 Å². The van der Waals surface area contributed by atoms with Crippen LogP contribution < -0.4 is 16.0 Å². The maximum atomic E-state index is 12.2. The fourth-order valence-electron chi connectivity index (χ4n) is 3.29. The van der Waals surface area contributed by atoms with Crippen LogP contribution in [0.1, 0.15) is 42.1 Å². The number of nitrogens with zero attached hydrogens (tertiary/aromatic N) is 1. The molecule has 3 N–H and O–H groups in total. The Bertz CT molecular complexity index is 595. The molecule has 1 aliphatic heterocycles. The lowest BCUT2D eigenvalue weighted by molar-refractivity contribution is 0.0962. The Hall–Kier alpha value is -2.08. The average molecular weight is 346 g/mol. The molecule has 0 saturated carbocycles. The normalized spacial score (nSPS) is 15.6. The lowest BCUT2D eigenvalue weighted by Gasteiger charge is -2.31. The topological polar surface area (TPSA) is 73.5 Å². The van der Waals surface area contributed by atoms with Gasteiger partial charge in [-0.25, -0.2) is 4.79 Å². The van der Waals surface area contributed by atoms with Crippen LogP contribution in [0.3, 0.4) is 0 Å². The van der Waals surface area contributed by atoms with Crippen LogP contribution in [0.15, 0.2) is 18.2 Å². The molecule has 1 heterocycles. The van der Waals surface area contributed by atoms with E-state index in [0.29, 0.717) is 23.7 Å². The zero-order valence-corrected chi connectivity index (χ0v) is 15.5. The maximum absolute atomic E-state index is 12.2. The number of carbonyl (C=O) groups is 2. The van der Waals surface area contributed by atoms with E-state index in [1.807, 2.05) is 13.0 Å². The number of hydrogen-bond acceptors (Lipinski definition) is 3. The number of anilines is 1.